The van der Waals surface area contributed by atoms with Crippen LogP contribution < -0.4 is 4.74 Å². The summed E-state index contributed by atoms with van der Waals surface area (Å²) in [5.41, 5.74) is 13.6. The van der Waals surface area contributed by atoms with Crippen molar-refractivity contribution in [2.45, 2.75) is 18.3 Å². The first-order chi connectivity index (χ1) is 28.2. The van der Waals surface area contributed by atoms with Gasteiger partial charge in [0.2, 0.25) is 0 Å². The van der Waals surface area contributed by atoms with Crippen LogP contribution in [0.5, 0.6) is 11.5 Å². The van der Waals surface area contributed by atoms with E-state index in [0.717, 1.165) is 80.0 Å². The van der Waals surface area contributed by atoms with Gasteiger partial charge in [-0.15, -0.1) is 0 Å². The Hall–Kier alpha value is -7.37. The molecule has 0 saturated heterocycles. The van der Waals surface area contributed by atoms with Gasteiger partial charge in [-0.1, -0.05) is 152 Å². The maximum atomic E-state index is 6.99. The predicted molar refractivity (Wildman–Crippen MR) is 226 cm³/mol. The van der Waals surface area contributed by atoms with E-state index in [9.17, 15) is 0 Å². The van der Waals surface area contributed by atoms with Gasteiger partial charge < -0.3 is 9.15 Å². The molecule has 0 saturated carbocycles. The Morgan fingerprint density at radius 3 is 1.86 bits per heavy atom. The van der Waals surface area contributed by atoms with Gasteiger partial charge in [0.1, 0.15) is 22.8 Å². The van der Waals surface area contributed by atoms with Crippen LogP contribution in [0.2, 0.25) is 0 Å². The molecule has 12 rings (SSSR count). The van der Waals surface area contributed by atoms with Crippen LogP contribution >= 0.6 is 0 Å². The second kappa shape index (κ2) is 12.3. The maximum Gasteiger partial charge on any atom is 0.164 e. The van der Waals surface area contributed by atoms with Crippen LogP contribution in [0, 0.1) is 0 Å². The zero-order valence-corrected chi connectivity index (χ0v) is 30.8. The molecule has 0 amide bonds. The van der Waals surface area contributed by atoms with E-state index in [1.165, 1.54) is 27.8 Å². The molecular formula is C52H33N3O2. The zero-order valence-electron chi connectivity index (χ0n) is 30.8. The number of furan rings is 1. The third kappa shape index (κ3) is 4.72. The van der Waals surface area contributed by atoms with Gasteiger partial charge in [-0.3, -0.25) is 0 Å². The standard InChI is InChI=1S/C52H33N3O2/c1-2-14-32(15-3-1)49-53-50(55-51(54-49)35-28-29-40-39-20-6-10-26-45(39)56-47(40)31-35)34-17-12-16-33(30-34)36-21-13-25-44-48(36)57-46-27-11-9-24-43(46)52(44)41-22-7-4-18-37(41)38-19-5-8-23-42(38)52/h1-5,7-19,21-31H,6,20H2. The molecule has 57 heavy (non-hydrogen) atoms. The van der Waals surface area contributed by atoms with Gasteiger partial charge >= 0.3 is 0 Å². The Labute approximate surface area is 329 Å². The van der Waals surface area contributed by atoms with Crippen molar-refractivity contribution < 1.29 is 9.15 Å². The van der Waals surface area contributed by atoms with Crippen molar-refractivity contribution in [2.75, 3.05) is 0 Å². The lowest BCUT2D eigenvalue weighted by molar-refractivity contribution is 0.438. The smallest absolute Gasteiger partial charge is 0.164 e. The first-order valence-corrected chi connectivity index (χ1v) is 19.5. The minimum absolute atomic E-state index is 0.538. The number of benzene rings is 7. The first-order valence-electron chi connectivity index (χ1n) is 19.5. The molecule has 3 heterocycles. The fraction of sp³-hybridized carbons (Fsp3) is 0.0577. The predicted octanol–water partition coefficient (Wildman–Crippen LogP) is 12.7. The van der Waals surface area contributed by atoms with E-state index < -0.39 is 5.41 Å². The highest BCUT2D eigenvalue weighted by Crippen LogP contribution is 2.63. The molecule has 7 aromatic carbocycles. The van der Waals surface area contributed by atoms with Crippen LogP contribution in [0.1, 0.15) is 40.0 Å². The van der Waals surface area contributed by atoms with E-state index in [1.54, 1.807) is 0 Å². The number of aromatic nitrogens is 3. The van der Waals surface area contributed by atoms with Crippen LogP contribution in [-0.4, -0.2) is 15.0 Å². The lowest BCUT2D eigenvalue weighted by atomic mass is 9.65. The Morgan fingerprint density at radius 2 is 1.07 bits per heavy atom. The average molecular weight is 732 g/mol. The zero-order chi connectivity index (χ0) is 37.5. The number of para-hydroxylation sites is 2. The second-order valence-corrected chi connectivity index (χ2v) is 15.0. The highest BCUT2D eigenvalue weighted by atomic mass is 16.5. The van der Waals surface area contributed by atoms with Gasteiger partial charge in [-0.05, 0) is 64.9 Å². The fourth-order valence-electron chi connectivity index (χ4n) is 9.40. The van der Waals surface area contributed by atoms with Crippen molar-refractivity contribution >= 4 is 17.0 Å². The van der Waals surface area contributed by atoms with Crippen molar-refractivity contribution in [3.8, 4) is 67.9 Å². The summed E-state index contributed by atoms with van der Waals surface area (Å²) in [7, 11) is 0. The molecule has 0 unspecified atom stereocenters. The summed E-state index contributed by atoms with van der Waals surface area (Å²) in [6.07, 6.45) is 6.25. The summed E-state index contributed by atoms with van der Waals surface area (Å²) in [4.78, 5) is 15.3. The van der Waals surface area contributed by atoms with E-state index in [0.29, 0.717) is 17.5 Å². The van der Waals surface area contributed by atoms with E-state index in [-0.39, 0.29) is 0 Å². The third-order valence-electron chi connectivity index (χ3n) is 11.9. The molecular weight excluding hydrogens is 699 g/mol. The molecule has 1 spiro atoms. The van der Waals surface area contributed by atoms with E-state index >= 15 is 0 Å². The topological polar surface area (TPSA) is 61.0 Å². The van der Waals surface area contributed by atoms with Crippen molar-refractivity contribution in [1.29, 1.82) is 0 Å². The lowest BCUT2D eigenvalue weighted by Crippen LogP contribution is -2.32. The highest BCUT2D eigenvalue weighted by Gasteiger charge is 2.51. The van der Waals surface area contributed by atoms with Crippen LogP contribution in [0.15, 0.2) is 174 Å². The second-order valence-electron chi connectivity index (χ2n) is 15.0. The first kappa shape index (κ1) is 31.9. The van der Waals surface area contributed by atoms with E-state index in [1.807, 2.05) is 30.3 Å². The van der Waals surface area contributed by atoms with Gasteiger partial charge in [-0.25, -0.2) is 15.0 Å². The summed E-state index contributed by atoms with van der Waals surface area (Å²) in [5, 5.41) is 1.14. The Balaban J connectivity index is 1.03. The molecule has 2 aliphatic carbocycles. The van der Waals surface area contributed by atoms with Gasteiger partial charge in [0.15, 0.2) is 17.5 Å². The molecule has 268 valence electrons. The molecule has 3 aliphatic rings. The lowest BCUT2D eigenvalue weighted by Gasteiger charge is -2.40. The van der Waals surface area contributed by atoms with Crippen LogP contribution in [0.25, 0.3) is 73.5 Å². The summed E-state index contributed by atoms with van der Waals surface area (Å²) in [6.45, 7) is 0. The van der Waals surface area contributed by atoms with Crippen molar-refractivity contribution in [2.24, 2.45) is 0 Å². The van der Waals surface area contributed by atoms with Crippen LogP contribution in [0.4, 0.5) is 0 Å². The average Bonchev–Trinajstić information content (AvgIpc) is 3.80. The summed E-state index contributed by atoms with van der Waals surface area (Å²) < 4.78 is 13.3. The molecule has 5 heteroatoms. The Kier molecular flexibility index (Phi) is 6.90. The van der Waals surface area contributed by atoms with Crippen molar-refractivity contribution in [1.82, 2.24) is 15.0 Å². The highest BCUT2D eigenvalue weighted by molar-refractivity contribution is 5.91. The number of allylic oxidation sites excluding steroid dienone is 1. The van der Waals surface area contributed by atoms with Gasteiger partial charge in [0.25, 0.3) is 0 Å². The molecule has 0 bridgehead atoms. The largest absolute Gasteiger partial charge is 0.456 e. The summed E-state index contributed by atoms with van der Waals surface area (Å²) >= 11 is 0. The van der Waals surface area contributed by atoms with Gasteiger partial charge in [0.05, 0.1) is 5.41 Å². The molecule has 5 nitrogen and oxygen atoms in total. The molecule has 0 fully saturated rings. The Morgan fingerprint density at radius 1 is 0.474 bits per heavy atom. The maximum absolute atomic E-state index is 6.99. The number of rotatable bonds is 4. The number of hydrogen-bond donors (Lipinski definition) is 0. The minimum atomic E-state index is -0.538. The molecule has 1 aliphatic heterocycles. The van der Waals surface area contributed by atoms with E-state index in [4.69, 9.17) is 24.1 Å². The third-order valence-corrected chi connectivity index (χ3v) is 11.9. The Bertz CT molecular complexity index is 3080. The number of nitrogens with zero attached hydrogens (tertiary/aromatic N) is 3. The minimum Gasteiger partial charge on any atom is -0.456 e. The summed E-state index contributed by atoms with van der Waals surface area (Å²) in [5.74, 6) is 4.45. The quantitative estimate of drug-likeness (QED) is 0.180. The number of aryl methyl sites for hydroxylation is 1. The van der Waals surface area contributed by atoms with Crippen LogP contribution in [-0.2, 0) is 11.8 Å². The monoisotopic (exact) mass is 731 g/mol. The van der Waals surface area contributed by atoms with Crippen molar-refractivity contribution in [3.63, 3.8) is 0 Å². The van der Waals surface area contributed by atoms with E-state index in [2.05, 4.69) is 146 Å². The summed E-state index contributed by atoms with van der Waals surface area (Å²) in [6, 6.07) is 57.6. The fourth-order valence-corrected chi connectivity index (χ4v) is 9.40. The number of hydrogen-bond acceptors (Lipinski definition) is 5. The van der Waals surface area contributed by atoms with Crippen LogP contribution in [0.3, 0.4) is 0 Å². The number of fused-ring (bicyclic) bond motifs is 12. The molecule has 2 aromatic heterocycles. The molecule has 0 radical (unpaired) electrons. The normalized spacial score (nSPS) is 14.0. The van der Waals surface area contributed by atoms with Gasteiger partial charge in [0, 0.05) is 44.3 Å². The molecule has 9 aromatic rings. The number of ether oxygens (including phenoxy) is 1. The molecule has 0 atom stereocenters. The van der Waals surface area contributed by atoms with Crippen molar-refractivity contribution in [3.05, 3.63) is 203 Å². The SMILES string of the molecule is C1=Cc2oc3cc(-c4nc(-c5ccccc5)nc(-c5cccc(-c6cccc7c6Oc6ccccc6C76c7ccccc7-c7ccccc76)c5)n4)ccc3c2CC1. The van der Waals surface area contributed by atoms with Gasteiger partial charge in [-0.2, -0.15) is 0 Å². The molecule has 0 N–H and O–H groups in total.